The highest BCUT2D eigenvalue weighted by molar-refractivity contribution is 6.03. The van der Waals surface area contributed by atoms with Crippen molar-refractivity contribution in [1.82, 2.24) is 19.9 Å². The van der Waals surface area contributed by atoms with Crippen LogP contribution < -0.4 is 9.64 Å². The molecule has 234 valence electrons. The minimum atomic E-state index is -0.914. The number of benzene rings is 2. The van der Waals surface area contributed by atoms with Crippen LogP contribution in [0, 0.1) is 35.8 Å². The third-order valence-corrected chi connectivity index (χ3v) is 9.84. The number of aromatic nitrogens is 3. The number of halogens is 3. The van der Waals surface area contributed by atoms with Gasteiger partial charge in [-0.1, -0.05) is 25.8 Å². The van der Waals surface area contributed by atoms with E-state index in [0.29, 0.717) is 41.4 Å². The van der Waals surface area contributed by atoms with Crippen molar-refractivity contribution in [2.24, 2.45) is 11.8 Å². The van der Waals surface area contributed by atoms with Gasteiger partial charge in [-0.25, -0.2) is 13.2 Å². The van der Waals surface area contributed by atoms with E-state index >= 15 is 4.39 Å². The number of phenolic OH excluding ortho intramolecular Hbond substituents is 1. The fraction of sp³-hybridized carbons (Fsp3) is 0.457. The highest BCUT2D eigenvalue weighted by atomic mass is 19.1. The predicted molar refractivity (Wildman–Crippen MR) is 168 cm³/mol. The van der Waals surface area contributed by atoms with Crippen LogP contribution in [0.4, 0.5) is 19.0 Å². The van der Waals surface area contributed by atoms with E-state index in [4.69, 9.17) is 16.1 Å². The maximum atomic E-state index is 16.8. The average Bonchev–Trinajstić information content (AvgIpc) is 3.48. The zero-order chi connectivity index (χ0) is 31.5. The zero-order valence-corrected chi connectivity index (χ0v) is 25.5. The van der Waals surface area contributed by atoms with Crippen LogP contribution in [0.25, 0.3) is 32.9 Å². The Kier molecular flexibility index (Phi) is 7.47. The van der Waals surface area contributed by atoms with Gasteiger partial charge in [0.15, 0.2) is 5.82 Å². The summed E-state index contributed by atoms with van der Waals surface area (Å²) in [5, 5.41) is 11.7. The van der Waals surface area contributed by atoms with Crippen LogP contribution in [0.3, 0.4) is 0 Å². The topological polar surface area (TPSA) is 74.6 Å². The van der Waals surface area contributed by atoms with Crippen molar-refractivity contribution in [1.29, 1.82) is 0 Å². The van der Waals surface area contributed by atoms with Gasteiger partial charge >= 0.3 is 6.01 Å². The first kappa shape index (κ1) is 29.6. The summed E-state index contributed by atoms with van der Waals surface area (Å²) >= 11 is 0. The summed E-state index contributed by atoms with van der Waals surface area (Å²) in [7, 11) is 0. The maximum absolute atomic E-state index is 16.8. The molecule has 3 fully saturated rings. The second kappa shape index (κ2) is 11.4. The molecule has 3 aliphatic heterocycles. The van der Waals surface area contributed by atoms with E-state index in [0.717, 1.165) is 45.3 Å². The van der Waals surface area contributed by atoms with Gasteiger partial charge in [-0.2, -0.15) is 9.97 Å². The van der Waals surface area contributed by atoms with Crippen molar-refractivity contribution in [2.75, 3.05) is 37.7 Å². The number of aromatic hydroxyl groups is 1. The van der Waals surface area contributed by atoms with E-state index < -0.39 is 23.3 Å². The molecule has 10 heteroatoms. The number of fused-ring (bicyclic) bond motifs is 3. The van der Waals surface area contributed by atoms with Crippen molar-refractivity contribution < 1.29 is 23.0 Å². The third-order valence-electron chi connectivity index (χ3n) is 9.84. The van der Waals surface area contributed by atoms with Gasteiger partial charge in [-0.15, -0.1) is 6.42 Å². The smallest absolute Gasteiger partial charge is 0.319 e. The Morgan fingerprint density at radius 3 is 2.64 bits per heavy atom. The molecule has 45 heavy (non-hydrogen) atoms. The molecule has 3 saturated heterocycles. The van der Waals surface area contributed by atoms with E-state index in [1.165, 1.54) is 30.5 Å². The van der Waals surface area contributed by atoms with Crippen LogP contribution in [0.1, 0.15) is 51.5 Å². The van der Waals surface area contributed by atoms with Gasteiger partial charge in [0, 0.05) is 43.2 Å². The number of alkyl halides is 1. The molecule has 0 radical (unpaired) electrons. The number of terminal acetylenes is 1. The van der Waals surface area contributed by atoms with E-state index in [-0.39, 0.29) is 46.1 Å². The summed E-state index contributed by atoms with van der Waals surface area (Å²) in [5.41, 5.74) is -0.462. The largest absolute Gasteiger partial charge is 0.508 e. The molecule has 2 unspecified atom stereocenters. The SMILES string of the molecule is C#Cc1c(F)ccc2cc(O)cc(-c3ncc4c(N5CC(C)CCC(C)C5)nc(OC[C@@]56CCCN5C[C@H](F)C6)nc4c3F)c12. The second-order valence-corrected chi connectivity index (χ2v) is 13.2. The van der Waals surface area contributed by atoms with Crippen LogP contribution >= 0.6 is 0 Å². The van der Waals surface area contributed by atoms with Crippen molar-refractivity contribution in [3.05, 3.63) is 47.7 Å². The third kappa shape index (κ3) is 5.21. The van der Waals surface area contributed by atoms with E-state index in [1.807, 2.05) is 0 Å². The Labute approximate surface area is 260 Å². The fourth-order valence-corrected chi connectivity index (χ4v) is 7.67. The van der Waals surface area contributed by atoms with Crippen LogP contribution in [0.15, 0.2) is 30.5 Å². The van der Waals surface area contributed by atoms with Crippen molar-refractivity contribution in [3.8, 4) is 35.4 Å². The standard InChI is InChI=1S/C35H36F3N5O2/c1-4-25-28(37)9-8-22-12-24(44)13-26(29(22)25)31-30(38)32-27(15-39-31)33(42-16-20(2)6-7-21(3)17-42)41-34(40-32)45-19-35-10-5-11-43(35)18-23(36)14-35/h1,8-9,12-13,15,20-21,23,44H,5-7,10-11,14,16-19H2,2-3H3/t20?,21?,23-,35+/m1/s1. The van der Waals surface area contributed by atoms with Crippen LogP contribution in [-0.4, -0.2) is 69.5 Å². The fourth-order valence-electron chi connectivity index (χ4n) is 7.67. The number of rotatable bonds is 5. The molecule has 0 saturated carbocycles. The van der Waals surface area contributed by atoms with Gasteiger partial charge < -0.3 is 14.7 Å². The first-order valence-electron chi connectivity index (χ1n) is 15.7. The second-order valence-electron chi connectivity index (χ2n) is 13.2. The van der Waals surface area contributed by atoms with Gasteiger partial charge in [0.1, 0.15) is 41.4 Å². The molecule has 4 atom stereocenters. The van der Waals surface area contributed by atoms with Crippen molar-refractivity contribution in [3.63, 3.8) is 0 Å². The minimum absolute atomic E-state index is 0.00438. The average molecular weight is 616 g/mol. The number of hydrogen-bond donors (Lipinski definition) is 1. The van der Waals surface area contributed by atoms with Crippen LogP contribution in [-0.2, 0) is 0 Å². The van der Waals surface area contributed by atoms with Gasteiger partial charge in [0.25, 0.3) is 0 Å². The Morgan fingerprint density at radius 1 is 1.11 bits per heavy atom. The number of ether oxygens (including phenoxy) is 1. The quantitative estimate of drug-likeness (QED) is 0.253. The van der Waals surface area contributed by atoms with Crippen LogP contribution in [0.5, 0.6) is 11.8 Å². The number of pyridine rings is 1. The highest BCUT2D eigenvalue weighted by Crippen LogP contribution is 2.42. The van der Waals surface area contributed by atoms with Gasteiger partial charge in [0.2, 0.25) is 0 Å². The summed E-state index contributed by atoms with van der Waals surface area (Å²) in [6.07, 6.45) is 10.6. The van der Waals surface area contributed by atoms with E-state index in [1.54, 1.807) is 0 Å². The summed E-state index contributed by atoms with van der Waals surface area (Å²) in [6.45, 7) is 7.24. The minimum Gasteiger partial charge on any atom is -0.508 e. The molecule has 5 heterocycles. The first-order valence-corrected chi connectivity index (χ1v) is 15.7. The molecule has 2 aromatic carbocycles. The Morgan fingerprint density at radius 2 is 1.89 bits per heavy atom. The molecule has 0 aliphatic carbocycles. The molecule has 3 aliphatic rings. The molecule has 0 amide bonds. The summed E-state index contributed by atoms with van der Waals surface area (Å²) in [6, 6.07) is 5.50. The molecule has 7 rings (SSSR count). The lowest BCUT2D eigenvalue weighted by molar-refractivity contribution is 0.107. The first-order chi connectivity index (χ1) is 21.7. The molecule has 7 nitrogen and oxygen atoms in total. The van der Waals surface area contributed by atoms with Crippen molar-refractivity contribution in [2.45, 2.75) is 57.7 Å². The Bertz CT molecular complexity index is 1830. The van der Waals surface area contributed by atoms with Gasteiger partial charge in [-0.05, 0) is 67.6 Å². The lowest BCUT2D eigenvalue weighted by Crippen LogP contribution is -2.43. The van der Waals surface area contributed by atoms with E-state index in [2.05, 4.69) is 39.5 Å². The highest BCUT2D eigenvalue weighted by Gasteiger charge is 2.49. The summed E-state index contributed by atoms with van der Waals surface area (Å²) < 4.78 is 52.3. The maximum Gasteiger partial charge on any atom is 0.319 e. The zero-order valence-electron chi connectivity index (χ0n) is 25.5. The molecule has 0 spiro atoms. The molecular formula is C35H36F3N5O2. The number of anilines is 1. The molecule has 0 bridgehead atoms. The predicted octanol–water partition coefficient (Wildman–Crippen LogP) is 6.64. The lowest BCUT2D eigenvalue weighted by Gasteiger charge is -2.31. The Balaban J connectivity index is 1.39. The monoisotopic (exact) mass is 615 g/mol. The molecule has 1 N–H and O–H groups in total. The number of hydrogen-bond acceptors (Lipinski definition) is 7. The lowest BCUT2D eigenvalue weighted by atomic mass is 9.95. The summed E-state index contributed by atoms with van der Waals surface area (Å²) in [5.74, 6) is 2.15. The van der Waals surface area contributed by atoms with Crippen molar-refractivity contribution >= 4 is 27.5 Å². The Hall–Kier alpha value is -4.10. The molecule has 2 aromatic heterocycles. The molecule has 4 aromatic rings. The normalized spacial score (nSPS) is 25.4. The van der Waals surface area contributed by atoms with E-state index in [9.17, 15) is 13.9 Å². The van der Waals surface area contributed by atoms with Crippen LogP contribution in [0.2, 0.25) is 0 Å². The molecular weight excluding hydrogens is 579 g/mol. The number of phenols is 1. The summed E-state index contributed by atoms with van der Waals surface area (Å²) in [4.78, 5) is 18.2. The van der Waals surface area contributed by atoms with Gasteiger partial charge in [-0.3, -0.25) is 9.88 Å². The number of nitrogens with zero attached hydrogens (tertiary/aromatic N) is 5. The van der Waals surface area contributed by atoms with Gasteiger partial charge in [0.05, 0.1) is 16.5 Å².